The molecule has 1 aromatic heterocycles. The Morgan fingerprint density at radius 3 is 2.52 bits per heavy atom. The van der Waals surface area contributed by atoms with Gasteiger partial charge in [0.15, 0.2) is 5.82 Å². The summed E-state index contributed by atoms with van der Waals surface area (Å²) >= 11 is 0. The van der Waals surface area contributed by atoms with E-state index in [2.05, 4.69) is 57.1 Å². The molecule has 1 radical (unpaired) electrons. The fourth-order valence-corrected chi connectivity index (χ4v) is 4.06. The molecule has 2 unspecified atom stereocenters. The van der Waals surface area contributed by atoms with Crippen molar-refractivity contribution in [2.24, 2.45) is 0 Å². The SMILES string of the molecule is N#CCCn1nnc(C(c2ccccc2)N2CCN([C]=O)C(Cc3ccccc3)C2)n1. The summed E-state index contributed by atoms with van der Waals surface area (Å²) in [6.07, 6.45) is 3.21. The number of nitriles is 1. The Morgan fingerprint density at radius 2 is 1.81 bits per heavy atom. The molecule has 0 N–H and O–H groups in total. The fourth-order valence-electron chi connectivity index (χ4n) is 4.06. The van der Waals surface area contributed by atoms with Gasteiger partial charge in [-0.3, -0.25) is 9.69 Å². The van der Waals surface area contributed by atoms with Crippen LogP contribution in [0.3, 0.4) is 0 Å². The minimum Gasteiger partial charge on any atom is -0.329 e. The molecule has 1 aliphatic heterocycles. The molecule has 31 heavy (non-hydrogen) atoms. The largest absolute Gasteiger partial charge is 0.329 e. The van der Waals surface area contributed by atoms with Gasteiger partial charge < -0.3 is 4.90 Å². The van der Waals surface area contributed by atoms with Crippen LogP contribution >= 0.6 is 0 Å². The van der Waals surface area contributed by atoms with Crippen molar-refractivity contribution < 1.29 is 4.79 Å². The van der Waals surface area contributed by atoms with Gasteiger partial charge in [0, 0.05) is 25.7 Å². The Kier molecular flexibility index (Phi) is 6.65. The molecule has 157 valence electrons. The number of aryl methyl sites for hydroxylation is 1. The standard InChI is InChI=1S/C23H24N7O/c24-12-7-13-30-26-23(25-27-30)22(20-10-5-2-6-11-20)28-14-15-29(18-31)21(17-28)16-19-8-3-1-4-9-19/h1-6,8-11,21-22H,7,13-17H2. The van der Waals surface area contributed by atoms with Crippen molar-refractivity contribution in [2.75, 3.05) is 19.6 Å². The van der Waals surface area contributed by atoms with Crippen molar-refractivity contribution in [2.45, 2.75) is 31.5 Å². The van der Waals surface area contributed by atoms with Crippen LogP contribution in [0.25, 0.3) is 0 Å². The first kappa shape index (κ1) is 20.7. The maximum atomic E-state index is 11.6. The van der Waals surface area contributed by atoms with Crippen LogP contribution in [-0.2, 0) is 17.8 Å². The smallest absolute Gasteiger partial charge is 0.312 e. The van der Waals surface area contributed by atoms with E-state index in [1.807, 2.05) is 36.4 Å². The Balaban J connectivity index is 1.61. The highest BCUT2D eigenvalue weighted by atomic mass is 16.1. The molecule has 2 aromatic carbocycles. The van der Waals surface area contributed by atoms with Crippen LogP contribution in [0.15, 0.2) is 60.7 Å². The third-order valence-electron chi connectivity index (χ3n) is 5.56. The lowest BCUT2D eigenvalue weighted by Gasteiger charge is -2.42. The van der Waals surface area contributed by atoms with Gasteiger partial charge in [0.2, 0.25) is 0 Å². The van der Waals surface area contributed by atoms with Gasteiger partial charge in [-0.05, 0) is 22.8 Å². The average molecular weight is 414 g/mol. The van der Waals surface area contributed by atoms with E-state index in [0.29, 0.717) is 38.4 Å². The third kappa shape index (κ3) is 4.95. The summed E-state index contributed by atoms with van der Waals surface area (Å²) < 4.78 is 0. The number of nitrogens with zero attached hydrogens (tertiary/aromatic N) is 7. The predicted octanol–water partition coefficient (Wildman–Crippen LogP) is 1.97. The van der Waals surface area contributed by atoms with E-state index >= 15 is 0 Å². The Bertz CT molecular complexity index is 1020. The Labute approximate surface area is 181 Å². The zero-order valence-corrected chi connectivity index (χ0v) is 17.2. The van der Waals surface area contributed by atoms with Crippen LogP contribution in [0.1, 0.15) is 29.4 Å². The van der Waals surface area contributed by atoms with E-state index in [1.54, 1.807) is 4.90 Å². The van der Waals surface area contributed by atoms with Crippen molar-refractivity contribution in [3.05, 3.63) is 77.6 Å². The maximum absolute atomic E-state index is 11.6. The van der Waals surface area contributed by atoms with E-state index in [1.165, 1.54) is 10.4 Å². The summed E-state index contributed by atoms with van der Waals surface area (Å²) in [4.78, 5) is 17.2. The Hall–Kier alpha value is -3.57. The number of amides is 1. The summed E-state index contributed by atoms with van der Waals surface area (Å²) in [6, 6.07) is 22.2. The molecule has 2 atom stereocenters. The van der Waals surface area contributed by atoms with Gasteiger partial charge in [0.25, 0.3) is 0 Å². The lowest BCUT2D eigenvalue weighted by molar-refractivity contribution is 0.0966. The van der Waals surface area contributed by atoms with Gasteiger partial charge in [-0.15, -0.1) is 10.2 Å². The maximum Gasteiger partial charge on any atom is 0.312 e. The van der Waals surface area contributed by atoms with Crippen LogP contribution in [0.2, 0.25) is 0 Å². The van der Waals surface area contributed by atoms with Gasteiger partial charge >= 0.3 is 6.41 Å². The normalized spacial score (nSPS) is 17.8. The van der Waals surface area contributed by atoms with E-state index < -0.39 is 0 Å². The molecule has 0 spiro atoms. The van der Waals surface area contributed by atoms with Crippen molar-refractivity contribution in [3.8, 4) is 6.07 Å². The molecular formula is C23H24N7O. The molecule has 8 heteroatoms. The molecular weight excluding hydrogens is 390 g/mol. The van der Waals surface area contributed by atoms with E-state index in [-0.39, 0.29) is 12.1 Å². The molecule has 3 aromatic rings. The van der Waals surface area contributed by atoms with Crippen LogP contribution < -0.4 is 0 Å². The number of piperazine rings is 1. The zero-order chi connectivity index (χ0) is 21.5. The summed E-state index contributed by atoms with van der Waals surface area (Å²) in [5.41, 5.74) is 2.26. The van der Waals surface area contributed by atoms with Crippen LogP contribution in [0.5, 0.6) is 0 Å². The quantitative estimate of drug-likeness (QED) is 0.560. The zero-order valence-electron chi connectivity index (χ0n) is 17.2. The molecule has 1 aliphatic rings. The van der Waals surface area contributed by atoms with Crippen LogP contribution in [0, 0.1) is 11.3 Å². The van der Waals surface area contributed by atoms with E-state index in [9.17, 15) is 4.79 Å². The first-order chi connectivity index (χ1) is 15.3. The topological polar surface area (TPSA) is 90.9 Å². The number of rotatable bonds is 8. The van der Waals surface area contributed by atoms with Gasteiger partial charge in [-0.25, -0.2) is 0 Å². The summed E-state index contributed by atoms with van der Waals surface area (Å²) in [5.74, 6) is 0.603. The molecule has 4 rings (SSSR count). The number of aromatic nitrogens is 4. The molecule has 1 fully saturated rings. The van der Waals surface area contributed by atoms with Crippen LogP contribution in [0.4, 0.5) is 0 Å². The van der Waals surface area contributed by atoms with Crippen molar-refractivity contribution in [3.63, 3.8) is 0 Å². The minimum absolute atomic E-state index is 0.00787. The number of tetrazole rings is 1. The fraction of sp³-hybridized carbons (Fsp3) is 0.348. The number of benzene rings is 2. The van der Waals surface area contributed by atoms with E-state index in [4.69, 9.17) is 5.26 Å². The summed E-state index contributed by atoms with van der Waals surface area (Å²) in [5, 5.41) is 21.8. The summed E-state index contributed by atoms with van der Waals surface area (Å²) in [6.45, 7) is 2.37. The van der Waals surface area contributed by atoms with Gasteiger partial charge in [-0.1, -0.05) is 60.7 Å². The lowest BCUT2D eigenvalue weighted by Crippen LogP contribution is -2.54. The highest BCUT2D eigenvalue weighted by Crippen LogP contribution is 2.28. The molecule has 8 nitrogen and oxygen atoms in total. The van der Waals surface area contributed by atoms with Crippen molar-refractivity contribution in [1.82, 2.24) is 30.0 Å². The van der Waals surface area contributed by atoms with Gasteiger partial charge in [-0.2, -0.15) is 10.1 Å². The van der Waals surface area contributed by atoms with Crippen LogP contribution in [-0.4, -0.2) is 62.1 Å². The molecule has 1 amide bonds. The summed E-state index contributed by atoms with van der Waals surface area (Å²) in [7, 11) is 0. The third-order valence-corrected chi connectivity index (χ3v) is 5.56. The second-order valence-electron chi connectivity index (χ2n) is 7.59. The minimum atomic E-state index is -0.177. The highest BCUT2D eigenvalue weighted by Gasteiger charge is 2.34. The highest BCUT2D eigenvalue weighted by molar-refractivity contribution is 5.49. The van der Waals surface area contributed by atoms with Gasteiger partial charge in [0.05, 0.1) is 25.1 Å². The lowest BCUT2D eigenvalue weighted by atomic mass is 9.98. The van der Waals surface area contributed by atoms with Gasteiger partial charge in [0.1, 0.15) is 0 Å². The molecule has 0 saturated carbocycles. The number of hydrogen-bond acceptors (Lipinski definition) is 6. The molecule has 1 saturated heterocycles. The average Bonchev–Trinajstić information content (AvgIpc) is 3.28. The predicted molar refractivity (Wildman–Crippen MR) is 114 cm³/mol. The van der Waals surface area contributed by atoms with Crippen molar-refractivity contribution in [1.29, 1.82) is 5.26 Å². The monoisotopic (exact) mass is 414 g/mol. The number of hydrogen-bond donors (Lipinski definition) is 0. The van der Waals surface area contributed by atoms with Crippen molar-refractivity contribution >= 4 is 6.41 Å². The first-order valence-electron chi connectivity index (χ1n) is 10.4. The van der Waals surface area contributed by atoms with E-state index in [0.717, 1.165) is 12.0 Å². The molecule has 0 bridgehead atoms. The second-order valence-corrected chi connectivity index (χ2v) is 7.59. The molecule has 0 aliphatic carbocycles. The molecule has 2 heterocycles. The number of carbonyl (C=O) groups excluding carboxylic acids is 1. The first-order valence-corrected chi connectivity index (χ1v) is 10.4. The Morgan fingerprint density at radius 1 is 1.06 bits per heavy atom. The second kappa shape index (κ2) is 9.96.